The average molecular weight is 461 g/mol. The molecule has 1 amide bonds. The Morgan fingerprint density at radius 2 is 1.61 bits per heavy atom. The smallest absolute Gasteiger partial charge is 0.356 e. The number of ether oxygens (including phenoxy) is 1. The van der Waals surface area contributed by atoms with E-state index >= 15 is 0 Å². The van der Waals surface area contributed by atoms with Gasteiger partial charge in [0, 0.05) is 28.7 Å². The summed E-state index contributed by atoms with van der Waals surface area (Å²) in [6, 6.07) is 23.1. The molecule has 0 saturated heterocycles. The van der Waals surface area contributed by atoms with Crippen molar-refractivity contribution < 1.29 is 14.3 Å². The summed E-state index contributed by atoms with van der Waals surface area (Å²) in [6.07, 6.45) is -1.11. The summed E-state index contributed by atoms with van der Waals surface area (Å²) in [6.45, 7) is 1.47. The second-order valence-corrected chi connectivity index (χ2v) is 7.98. The number of aromatic nitrogens is 1. The molecule has 0 aliphatic heterocycles. The second-order valence-electron chi connectivity index (χ2n) is 7.55. The van der Waals surface area contributed by atoms with Gasteiger partial charge in [-0.2, -0.15) is 0 Å². The minimum absolute atomic E-state index is 0.0762. The predicted octanol–water partition coefficient (Wildman–Crippen LogP) is 5.04. The lowest BCUT2D eigenvalue weighted by Crippen LogP contribution is -2.32. The van der Waals surface area contributed by atoms with E-state index in [1.165, 1.54) is 18.5 Å². The first-order chi connectivity index (χ1) is 15.9. The fraction of sp³-hybridized carbons (Fsp3) is 0.115. The van der Waals surface area contributed by atoms with E-state index in [0.717, 1.165) is 5.56 Å². The topological polar surface area (TPSA) is 77.4 Å². The molecule has 1 aromatic heterocycles. The number of amides is 1. The van der Waals surface area contributed by atoms with E-state index < -0.39 is 18.0 Å². The van der Waals surface area contributed by atoms with Gasteiger partial charge in [-0.3, -0.25) is 9.59 Å². The van der Waals surface area contributed by atoms with Gasteiger partial charge in [-0.1, -0.05) is 66.2 Å². The Balaban J connectivity index is 1.73. The summed E-state index contributed by atoms with van der Waals surface area (Å²) >= 11 is 5.96. The number of benzene rings is 3. The van der Waals surface area contributed by atoms with Crippen molar-refractivity contribution >= 4 is 39.9 Å². The van der Waals surface area contributed by atoms with Gasteiger partial charge in [0.25, 0.3) is 11.5 Å². The van der Waals surface area contributed by atoms with Gasteiger partial charge in [-0.05, 0) is 42.1 Å². The SMILES string of the molecule is CC(OC(=O)c1c(-c2ccccc2)c2ccccc2c(=O)n1C)C(=O)Nc1cccc(Cl)c1. The van der Waals surface area contributed by atoms with Gasteiger partial charge >= 0.3 is 5.97 Å². The van der Waals surface area contributed by atoms with Crippen LogP contribution in [-0.2, 0) is 16.6 Å². The minimum Gasteiger partial charge on any atom is -0.448 e. The molecule has 4 aromatic rings. The number of pyridine rings is 1. The van der Waals surface area contributed by atoms with Gasteiger partial charge in [-0.15, -0.1) is 0 Å². The average Bonchev–Trinajstić information content (AvgIpc) is 2.81. The Labute approximate surface area is 195 Å². The summed E-state index contributed by atoms with van der Waals surface area (Å²) in [4.78, 5) is 38.9. The van der Waals surface area contributed by atoms with Gasteiger partial charge in [0.2, 0.25) is 0 Å². The molecule has 6 nitrogen and oxygen atoms in total. The molecule has 1 heterocycles. The minimum atomic E-state index is -1.11. The van der Waals surface area contributed by atoms with Gasteiger partial charge in [0.1, 0.15) is 5.69 Å². The van der Waals surface area contributed by atoms with Crippen LogP contribution in [-0.4, -0.2) is 22.5 Å². The number of anilines is 1. The third kappa shape index (κ3) is 4.52. The van der Waals surface area contributed by atoms with Crippen LogP contribution in [0.15, 0.2) is 83.7 Å². The second kappa shape index (κ2) is 9.30. The van der Waals surface area contributed by atoms with E-state index in [9.17, 15) is 14.4 Å². The largest absolute Gasteiger partial charge is 0.448 e. The van der Waals surface area contributed by atoms with Crippen LogP contribution < -0.4 is 10.9 Å². The highest BCUT2D eigenvalue weighted by atomic mass is 35.5. The molecule has 0 fully saturated rings. The van der Waals surface area contributed by atoms with Crippen molar-refractivity contribution in [3.63, 3.8) is 0 Å². The van der Waals surface area contributed by atoms with Crippen LogP contribution in [0.4, 0.5) is 5.69 Å². The Morgan fingerprint density at radius 3 is 2.30 bits per heavy atom. The first-order valence-corrected chi connectivity index (χ1v) is 10.7. The van der Waals surface area contributed by atoms with E-state index in [0.29, 0.717) is 27.0 Å². The molecular weight excluding hydrogens is 440 g/mol. The number of nitrogens with zero attached hydrogens (tertiary/aromatic N) is 1. The quantitative estimate of drug-likeness (QED) is 0.423. The van der Waals surface area contributed by atoms with Crippen molar-refractivity contribution in [2.75, 3.05) is 5.32 Å². The van der Waals surface area contributed by atoms with Gasteiger partial charge < -0.3 is 14.6 Å². The van der Waals surface area contributed by atoms with E-state index in [4.69, 9.17) is 16.3 Å². The molecule has 0 spiro atoms. The molecule has 0 radical (unpaired) electrons. The molecule has 0 saturated carbocycles. The summed E-state index contributed by atoms with van der Waals surface area (Å²) in [5.41, 5.74) is 1.56. The van der Waals surface area contributed by atoms with E-state index in [1.54, 1.807) is 42.5 Å². The summed E-state index contributed by atoms with van der Waals surface area (Å²) in [5, 5.41) is 4.26. The Bertz CT molecular complexity index is 1410. The van der Waals surface area contributed by atoms with Crippen LogP contribution in [0.5, 0.6) is 0 Å². The van der Waals surface area contributed by atoms with Gasteiger partial charge in [0.05, 0.1) is 0 Å². The Morgan fingerprint density at radius 1 is 0.939 bits per heavy atom. The molecule has 1 N–H and O–H groups in total. The molecule has 3 aromatic carbocycles. The lowest BCUT2D eigenvalue weighted by atomic mass is 9.97. The zero-order valence-corrected chi connectivity index (χ0v) is 18.8. The Kier molecular flexibility index (Phi) is 6.29. The van der Waals surface area contributed by atoms with Crippen LogP contribution in [0.1, 0.15) is 17.4 Å². The molecule has 4 rings (SSSR count). The monoisotopic (exact) mass is 460 g/mol. The number of hydrogen-bond donors (Lipinski definition) is 1. The van der Waals surface area contributed by atoms with Gasteiger partial charge in [-0.25, -0.2) is 4.79 Å². The lowest BCUT2D eigenvalue weighted by molar-refractivity contribution is -0.123. The maximum absolute atomic E-state index is 13.3. The highest BCUT2D eigenvalue weighted by Gasteiger charge is 2.26. The molecule has 0 aliphatic rings. The summed E-state index contributed by atoms with van der Waals surface area (Å²) in [5.74, 6) is -1.29. The van der Waals surface area contributed by atoms with E-state index in [-0.39, 0.29) is 11.3 Å². The van der Waals surface area contributed by atoms with Crippen molar-refractivity contribution in [2.24, 2.45) is 7.05 Å². The maximum Gasteiger partial charge on any atom is 0.356 e. The molecule has 166 valence electrons. The first kappa shape index (κ1) is 22.3. The van der Waals surface area contributed by atoms with Crippen LogP contribution in [0.2, 0.25) is 5.02 Å². The third-order valence-corrected chi connectivity index (χ3v) is 5.54. The third-order valence-electron chi connectivity index (χ3n) is 5.30. The van der Waals surface area contributed by atoms with Crippen molar-refractivity contribution in [1.29, 1.82) is 0 Å². The molecule has 1 unspecified atom stereocenters. The molecule has 0 aliphatic carbocycles. The first-order valence-electron chi connectivity index (χ1n) is 10.3. The predicted molar refractivity (Wildman–Crippen MR) is 130 cm³/mol. The van der Waals surface area contributed by atoms with Crippen LogP contribution in [0.25, 0.3) is 21.9 Å². The van der Waals surface area contributed by atoms with E-state index in [1.807, 2.05) is 36.4 Å². The lowest BCUT2D eigenvalue weighted by Gasteiger charge is -2.19. The van der Waals surface area contributed by atoms with Crippen LogP contribution in [0.3, 0.4) is 0 Å². The molecule has 0 bridgehead atoms. The molecule has 1 atom stereocenters. The van der Waals surface area contributed by atoms with Crippen molar-refractivity contribution in [3.8, 4) is 11.1 Å². The van der Waals surface area contributed by atoms with Crippen molar-refractivity contribution in [2.45, 2.75) is 13.0 Å². The number of halogens is 1. The zero-order valence-electron chi connectivity index (χ0n) is 18.0. The number of carbonyl (C=O) groups is 2. The number of fused-ring (bicyclic) bond motifs is 1. The van der Waals surface area contributed by atoms with Crippen molar-refractivity contribution in [1.82, 2.24) is 4.57 Å². The summed E-state index contributed by atoms with van der Waals surface area (Å²) < 4.78 is 6.78. The highest BCUT2D eigenvalue weighted by molar-refractivity contribution is 6.30. The molecule has 33 heavy (non-hydrogen) atoms. The van der Waals surface area contributed by atoms with Crippen molar-refractivity contribution in [3.05, 3.63) is 99.9 Å². The van der Waals surface area contributed by atoms with Crippen LogP contribution in [0, 0.1) is 0 Å². The molecule has 7 heteroatoms. The maximum atomic E-state index is 13.3. The number of nitrogens with one attached hydrogen (secondary N) is 1. The summed E-state index contributed by atoms with van der Waals surface area (Å²) in [7, 11) is 1.52. The number of carbonyl (C=O) groups excluding carboxylic acids is 2. The number of rotatable bonds is 5. The van der Waals surface area contributed by atoms with Gasteiger partial charge in [0.15, 0.2) is 6.10 Å². The number of esters is 1. The zero-order chi connectivity index (χ0) is 23.5. The normalized spacial score (nSPS) is 11.7. The fourth-order valence-electron chi connectivity index (χ4n) is 3.68. The van der Waals surface area contributed by atoms with Crippen LogP contribution >= 0.6 is 11.6 Å². The number of hydrogen-bond acceptors (Lipinski definition) is 4. The highest BCUT2D eigenvalue weighted by Crippen LogP contribution is 2.31. The van der Waals surface area contributed by atoms with E-state index in [2.05, 4.69) is 5.32 Å². The fourth-order valence-corrected chi connectivity index (χ4v) is 3.87. The standard InChI is InChI=1S/C26H21ClN2O4/c1-16(24(30)28-19-12-8-11-18(27)15-19)33-26(32)23-22(17-9-4-3-5-10-17)20-13-6-7-14-21(20)25(31)29(23)2/h3-16H,1-2H3,(H,28,30). The molecular formula is C26H21ClN2O4. The Hall–Kier alpha value is -3.90.